The number of hydrogen-bond donors (Lipinski definition) is 1. The van der Waals surface area contributed by atoms with Crippen LogP contribution >= 0.6 is 0 Å². The van der Waals surface area contributed by atoms with E-state index in [2.05, 4.69) is 36.0 Å². The van der Waals surface area contributed by atoms with Crippen molar-refractivity contribution in [3.8, 4) is 0 Å². The number of rotatable bonds is 5. The number of piperidine rings is 2. The fourth-order valence-electron chi connectivity index (χ4n) is 3.48. The Morgan fingerprint density at radius 3 is 2.37 bits per heavy atom. The van der Waals surface area contributed by atoms with Crippen LogP contribution in [0.15, 0.2) is 0 Å². The van der Waals surface area contributed by atoms with E-state index in [1.54, 1.807) is 0 Å². The molecule has 2 aliphatic rings. The molecule has 0 radical (unpaired) electrons. The predicted molar refractivity (Wildman–Crippen MR) is 82.6 cm³/mol. The summed E-state index contributed by atoms with van der Waals surface area (Å²) in [5, 5.41) is 3.93. The summed E-state index contributed by atoms with van der Waals surface area (Å²) in [5.41, 5.74) is 0. The van der Waals surface area contributed by atoms with E-state index in [0.29, 0.717) is 0 Å². The average Bonchev–Trinajstić information content (AvgIpc) is 2.42. The molecule has 0 aromatic rings. The van der Waals surface area contributed by atoms with Gasteiger partial charge in [-0.05, 0) is 72.3 Å². The quantitative estimate of drug-likeness (QED) is 0.825. The van der Waals surface area contributed by atoms with Crippen molar-refractivity contribution < 1.29 is 0 Å². The van der Waals surface area contributed by atoms with Crippen LogP contribution in [0.4, 0.5) is 0 Å². The third-order valence-corrected chi connectivity index (χ3v) is 5.10. The van der Waals surface area contributed by atoms with E-state index < -0.39 is 0 Å². The van der Waals surface area contributed by atoms with Gasteiger partial charge in [-0.3, -0.25) is 0 Å². The Kier molecular flexibility index (Phi) is 6.11. The number of unbranched alkanes of at least 4 members (excludes halogenated alkanes) is 1. The molecule has 0 saturated carbocycles. The number of nitrogens with zero attached hydrogens (tertiary/aromatic N) is 2. The zero-order valence-electron chi connectivity index (χ0n) is 13.2. The van der Waals surface area contributed by atoms with E-state index in [4.69, 9.17) is 0 Å². The van der Waals surface area contributed by atoms with Gasteiger partial charge in [-0.15, -0.1) is 0 Å². The molecule has 2 aliphatic heterocycles. The molecular formula is C16H33N3. The summed E-state index contributed by atoms with van der Waals surface area (Å²) in [7, 11) is 2.26. The maximum Gasteiger partial charge on any atom is 0.00966 e. The molecule has 2 rings (SSSR count). The summed E-state index contributed by atoms with van der Waals surface area (Å²) in [6.07, 6.45) is 8.05. The molecule has 112 valence electrons. The van der Waals surface area contributed by atoms with Crippen molar-refractivity contribution in [1.82, 2.24) is 15.1 Å². The summed E-state index contributed by atoms with van der Waals surface area (Å²) < 4.78 is 0. The fourth-order valence-corrected chi connectivity index (χ4v) is 3.48. The molecule has 0 aromatic carbocycles. The Morgan fingerprint density at radius 1 is 1.05 bits per heavy atom. The molecule has 0 amide bonds. The lowest BCUT2D eigenvalue weighted by molar-refractivity contribution is 0.141. The maximum atomic E-state index is 3.93. The van der Waals surface area contributed by atoms with Crippen LogP contribution in [0.3, 0.4) is 0 Å². The number of likely N-dealkylation sites (tertiary alicyclic amines) is 2. The minimum Gasteiger partial charge on any atom is -0.311 e. The number of hydrogen-bond acceptors (Lipinski definition) is 3. The lowest BCUT2D eigenvalue weighted by Gasteiger charge is -2.39. The SMILES string of the molecule is CCCCN1CCC(NC2CCN(C)C(C)C2)CC1. The maximum absolute atomic E-state index is 3.93. The van der Waals surface area contributed by atoms with Crippen molar-refractivity contribution in [3.63, 3.8) is 0 Å². The molecule has 2 fully saturated rings. The first-order valence-corrected chi connectivity index (χ1v) is 8.37. The summed E-state index contributed by atoms with van der Waals surface area (Å²) in [6.45, 7) is 9.83. The van der Waals surface area contributed by atoms with E-state index in [0.717, 1.165) is 18.1 Å². The third kappa shape index (κ3) is 4.73. The van der Waals surface area contributed by atoms with Gasteiger partial charge in [0.05, 0.1) is 0 Å². The Hall–Kier alpha value is -0.120. The lowest BCUT2D eigenvalue weighted by Crippen LogP contribution is -2.51. The summed E-state index contributed by atoms with van der Waals surface area (Å²) >= 11 is 0. The topological polar surface area (TPSA) is 18.5 Å². The minimum absolute atomic E-state index is 0.746. The minimum atomic E-state index is 0.746. The highest BCUT2D eigenvalue weighted by Gasteiger charge is 2.26. The van der Waals surface area contributed by atoms with Gasteiger partial charge in [0.2, 0.25) is 0 Å². The average molecular weight is 267 g/mol. The van der Waals surface area contributed by atoms with Crippen LogP contribution in [0.25, 0.3) is 0 Å². The molecular weight excluding hydrogens is 234 g/mol. The molecule has 1 N–H and O–H groups in total. The molecule has 0 aromatic heterocycles. The highest BCUT2D eigenvalue weighted by atomic mass is 15.2. The van der Waals surface area contributed by atoms with Gasteiger partial charge in [0, 0.05) is 18.1 Å². The largest absolute Gasteiger partial charge is 0.311 e. The molecule has 0 spiro atoms. The van der Waals surface area contributed by atoms with Gasteiger partial charge in [0.1, 0.15) is 0 Å². The number of nitrogens with one attached hydrogen (secondary N) is 1. The first-order valence-electron chi connectivity index (χ1n) is 8.37. The van der Waals surface area contributed by atoms with Crippen molar-refractivity contribution in [2.75, 3.05) is 33.2 Å². The zero-order valence-corrected chi connectivity index (χ0v) is 13.2. The second-order valence-electron chi connectivity index (χ2n) is 6.69. The predicted octanol–water partition coefficient (Wildman–Crippen LogP) is 2.32. The lowest BCUT2D eigenvalue weighted by atomic mass is 9.96. The summed E-state index contributed by atoms with van der Waals surface area (Å²) in [4.78, 5) is 5.14. The van der Waals surface area contributed by atoms with E-state index in [1.807, 2.05) is 0 Å². The van der Waals surface area contributed by atoms with Crippen LogP contribution in [0.5, 0.6) is 0 Å². The van der Waals surface area contributed by atoms with Crippen LogP contribution in [-0.2, 0) is 0 Å². The standard InChI is InChI=1S/C16H33N3/c1-4-5-9-19-11-7-15(8-12-19)17-16-6-10-18(3)14(2)13-16/h14-17H,4-13H2,1-3H3. The molecule has 0 bridgehead atoms. The van der Waals surface area contributed by atoms with Gasteiger partial charge in [0.15, 0.2) is 0 Å². The monoisotopic (exact) mass is 267 g/mol. The summed E-state index contributed by atoms with van der Waals surface area (Å²) in [6, 6.07) is 2.28. The molecule has 3 nitrogen and oxygen atoms in total. The first-order chi connectivity index (χ1) is 9.19. The van der Waals surface area contributed by atoms with Crippen LogP contribution in [0.2, 0.25) is 0 Å². The van der Waals surface area contributed by atoms with Crippen molar-refractivity contribution in [2.45, 2.75) is 70.5 Å². The van der Waals surface area contributed by atoms with Crippen LogP contribution in [0, 0.1) is 0 Å². The molecule has 2 atom stereocenters. The van der Waals surface area contributed by atoms with Crippen molar-refractivity contribution in [2.24, 2.45) is 0 Å². The van der Waals surface area contributed by atoms with Gasteiger partial charge in [0.25, 0.3) is 0 Å². The Morgan fingerprint density at radius 2 is 1.74 bits per heavy atom. The van der Waals surface area contributed by atoms with Crippen molar-refractivity contribution in [1.29, 1.82) is 0 Å². The Bertz CT molecular complexity index is 248. The highest BCUT2D eigenvalue weighted by Crippen LogP contribution is 2.18. The molecule has 2 saturated heterocycles. The van der Waals surface area contributed by atoms with Crippen molar-refractivity contribution >= 4 is 0 Å². The van der Waals surface area contributed by atoms with Gasteiger partial charge in [-0.2, -0.15) is 0 Å². The second-order valence-corrected chi connectivity index (χ2v) is 6.69. The molecule has 2 unspecified atom stereocenters. The Labute approximate surface area is 119 Å². The van der Waals surface area contributed by atoms with E-state index in [-0.39, 0.29) is 0 Å². The van der Waals surface area contributed by atoms with Gasteiger partial charge in [-0.1, -0.05) is 13.3 Å². The first kappa shape index (κ1) is 15.3. The summed E-state index contributed by atoms with van der Waals surface area (Å²) in [5.74, 6) is 0. The van der Waals surface area contributed by atoms with Crippen molar-refractivity contribution in [3.05, 3.63) is 0 Å². The second kappa shape index (κ2) is 7.61. The van der Waals surface area contributed by atoms with E-state index in [1.165, 1.54) is 64.7 Å². The Balaban J connectivity index is 1.65. The normalized spacial score (nSPS) is 31.7. The zero-order chi connectivity index (χ0) is 13.7. The highest BCUT2D eigenvalue weighted by molar-refractivity contribution is 4.86. The van der Waals surface area contributed by atoms with E-state index >= 15 is 0 Å². The third-order valence-electron chi connectivity index (χ3n) is 5.10. The van der Waals surface area contributed by atoms with Crippen LogP contribution in [0.1, 0.15) is 52.4 Å². The van der Waals surface area contributed by atoms with Crippen LogP contribution in [-0.4, -0.2) is 61.2 Å². The molecule has 3 heteroatoms. The van der Waals surface area contributed by atoms with Crippen LogP contribution < -0.4 is 5.32 Å². The molecule has 2 heterocycles. The molecule has 19 heavy (non-hydrogen) atoms. The fraction of sp³-hybridized carbons (Fsp3) is 1.00. The van der Waals surface area contributed by atoms with E-state index in [9.17, 15) is 0 Å². The van der Waals surface area contributed by atoms with Gasteiger partial charge >= 0.3 is 0 Å². The smallest absolute Gasteiger partial charge is 0.00966 e. The molecule has 0 aliphatic carbocycles. The van der Waals surface area contributed by atoms with Gasteiger partial charge in [-0.25, -0.2) is 0 Å². The van der Waals surface area contributed by atoms with Gasteiger partial charge < -0.3 is 15.1 Å².